The first-order chi connectivity index (χ1) is 13.7. The van der Waals surface area contributed by atoms with Gasteiger partial charge in [-0.1, -0.05) is 13.8 Å². The van der Waals surface area contributed by atoms with Gasteiger partial charge < -0.3 is 19.0 Å². The summed E-state index contributed by atoms with van der Waals surface area (Å²) in [5, 5.41) is 11.1. The van der Waals surface area contributed by atoms with Crippen molar-refractivity contribution in [3.63, 3.8) is 0 Å². The predicted molar refractivity (Wildman–Crippen MR) is 98.8 cm³/mol. The van der Waals surface area contributed by atoms with Crippen molar-refractivity contribution in [2.75, 3.05) is 6.61 Å². The summed E-state index contributed by atoms with van der Waals surface area (Å²) in [6.45, 7) is 5.51. The molecule has 3 aliphatic carbocycles. The molecular weight excluding hydrogens is 376 g/mol. The number of ketones is 1. The molecule has 1 aliphatic heterocycles. The molecule has 2 heterocycles. The van der Waals surface area contributed by atoms with Gasteiger partial charge in [0.2, 0.25) is 0 Å². The second-order valence-corrected chi connectivity index (χ2v) is 9.25. The maximum Gasteiger partial charge on any atom is 0.334 e. The van der Waals surface area contributed by atoms with Gasteiger partial charge in [-0.25, -0.2) is 4.79 Å². The first-order valence-electron chi connectivity index (χ1n) is 10.0. The van der Waals surface area contributed by atoms with Crippen molar-refractivity contribution in [2.45, 2.75) is 51.7 Å². The highest BCUT2D eigenvalue weighted by atomic mass is 16.5. The molecule has 4 aliphatic rings. The van der Waals surface area contributed by atoms with Crippen LogP contribution in [0.1, 0.15) is 55.6 Å². The van der Waals surface area contributed by atoms with Gasteiger partial charge in [0.1, 0.15) is 18.5 Å². The Bertz CT molecular complexity index is 958. The molecule has 0 aromatic carbocycles. The maximum absolute atomic E-state index is 13.2. The molecule has 1 spiro atoms. The first kappa shape index (κ1) is 18.6. The van der Waals surface area contributed by atoms with Crippen molar-refractivity contribution in [3.05, 3.63) is 35.3 Å². The van der Waals surface area contributed by atoms with E-state index in [1.165, 1.54) is 13.2 Å². The molecule has 0 bridgehead atoms. The minimum atomic E-state index is -0.971. The number of aliphatic hydroxyl groups is 1. The summed E-state index contributed by atoms with van der Waals surface area (Å²) >= 11 is 0. The standard InChI is InChI=1S/C22H24O7/c1-10-16(29-11(2)23)8-22-9-28-20(26)13(22)6-14(24)17-18-12(4-5-27-18)15(25)7-21(10,3)19(17)22/h4-6,10,14,16-17,19,24H,7-9H2,1-3H3. The number of esters is 2. The van der Waals surface area contributed by atoms with Crippen LogP contribution in [0.15, 0.2) is 28.4 Å². The van der Waals surface area contributed by atoms with Gasteiger partial charge in [-0.3, -0.25) is 9.59 Å². The highest BCUT2D eigenvalue weighted by Gasteiger charge is 2.69. The Labute approximate surface area is 168 Å². The van der Waals surface area contributed by atoms with E-state index in [0.717, 1.165) is 0 Å². The van der Waals surface area contributed by atoms with Crippen LogP contribution < -0.4 is 0 Å². The summed E-state index contributed by atoms with van der Waals surface area (Å²) in [6, 6.07) is 1.65. The predicted octanol–water partition coefficient (Wildman–Crippen LogP) is 2.39. The Balaban J connectivity index is 1.77. The van der Waals surface area contributed by atoms with Crippen LogP contribution in [0, 0.1) is 22.7 Å². The zero-order valence-corrected chi connectivity index (χ0v) is 16.6. The van der Waals surface area contributed by atoms with E-state index < -0.39 is 40.9 Å². The third kappa shape index (κ3) is 2.25. The number of furan rings is 1. The van der Waals surface area contributed by atoms with Crippen molar-refractivity contribution in [1.29, 1.82) is 0 Å². The number of Topliss-reactive ketones (excluding diaryl/α,β-unsaturated/α-hetero) is 1. The number of hydrogen-bond donors (Lipinski definition) is 1. The Morgan fingerprint density at radius 3 is 2.83 bits per heavy atom. The summed E-state index contributed by atoms with van der Waals surface area (Å²) in [5.74, 6) is -1.32. The minimum Gasteiger partial charge on any atom is -0.468 e. The van der Waals surface area contributed by atoms with E-state index in [0.29, 0.717) is 23.3 Å². The second-order valence-electron chi connectivity index (χ2n) is 9.25. The first-order valence-corrected chi connectivity index (χ1v) is 10.0. The highest BCUT2D eigenvalue weighted by molar-refractivity contribution is 5.99. The van der Waals surface area contributed by atoms with Crippen LogP contribution in [0.25, 0.3) is 0 Å². The van der Waals surface area contributed by atoms with Crippen molar-refractivity contribution in [3.8, 4) is 0 Å². The smallest absolute Gasteiger partial charge is 0.334 e. The van der Waals surface area contributed by atoms with Crippen molar-refractivity contribution in [1.82, 2.24) is 0 Å². The Morgan fingerprint density at radius 1 is 1.34 bits per heavy atom. The van der Waals surface area contributed by atoms with Crippen LogP contribution in [-0.4, -0.2) is 41.6 Å². The van der Waals surface area contributed by atoms with Gasteiger partial charge in [0.05, 0.1) is 23.8 Å². The molecule has 1 saturated heterocycles. The number of carbonyl (C=O) groups excluding carboxylic acids is 3. The highest BCUT2D eigenvalue weighted by Crippen LogP contribution is 2.68. The van der Waals surface area contributed by atoms with Crippen molar-refractivity contribution < 1.29 is 33.4 Å². The van der Waals surface area contributed by atoms with Gasteiger partial charge in [-0.05, 0) is 35.8 Å². The third-order valence-electron chi connectivity index (χ3n) is 7.91. The van der Waals surface area contributed by atoms with E-state index in [4.69, 9.17) is 13.9 Å². The van der Waals surface area contributed by atoms with Gasteiger partial charge in [0.15, 0.2) is 5.78 Å². The summed E-state index contributed by atoms with van der Waals surface area (Å²) in [5.41, 5.74) is -0.449. The van der Waals surface area contributed by atoms with Gasteiger partial charge in [-0.2, -0.15) is 0 Å². The fourth-order valence-electron chi connectivity index (χ4n) is 6.63. The van der Waals surface area contributed by atoms with E-state index in [9.17, 15) is 19.5 Å². The lowest BCUT2D eigenvalue weighted by atomic mass is 9.43. The molecule has 2 fully saturated rings. The number of aliphatic hydroxyl groups excluding tert-OH is 1. The molecule has 1 aromatic heterocycles. The van der Waals surface area contributed by atoms with Crippen LogP contribution in [-0.2, 0) is 19.1 Å². The molecule has 29 heavy (non-hydrogen) atoms. The molecule has 1 N–H and O–H groups in total. The fourth-order valence-corrected chi connectivity index (χ4v) is 6.63. The summed E-state index contributed by atoms with van der Waals surface area (Å²) in [6.07, 6.45) is 2.24. The second kappa shape index (κ2) is 5.81. The van der Waals surface area contributed by atoms with E-state index in [1.807, 2.05) is 13.8 Å². The van der Waals surface area contributed by atoms with E-state index >= 15 is 0 Å². The monoisotopic (exact) mass is 400 g/mol. The number of rotatable bonds is 1. The van der Waals surface area contributed by atoms with Gasteiger partial charge in [0.25, 0.3) is 0 Å². The average Bonchev–Trinajstić information content (AvgIpc) is 3.22. The molecule has 1 saturated carbocycles. The molecule has 7 heteroatoms. The van der Waals surface area contributed by atoms with Crippen LogP contribution in [0.5, 0.6) is 0 Å². The number of fused-ring (bicyclic) bond motifs is 2. The SMILES string of the molecule is CC(=O)OC1CC23COC(=O)C2=CC(O)C2c4occc4C(=O)CC(C)(C1C)C23. The van der Waals surface area contributed by atoms with Gasteiger partial charge >= 0.3 is 11.9 Å². The minimum absolute atomic E-state index is 0.0601. The quantitative estimate of drug-likeness (QED) is 0.722. The Morgan fingerprint density at radius 2 is 2.10 bits per heavy atom. The van der Waals surface area contributed by atoms with Crippen LogP contribution in [0.2, 0.25) is 0 Å². The van der Waals surface area contributed by atoms with Crippen LogP contribution >= 0.6 is 0 Å². The number of ether oxygens (including phenoxy) is 2. The van der Waals surface area contributed by atoms with Crippen molar-refractivity contribution in [2.24, 2.45) is 22.7 Å². The summed E-state index contributed by atoms with van der Waals surface area (Å²) < 4.78 is 16.9. The summed E-state index contributed by atoms with van der Waals surface area (Å²) in [7, 11) is 0. The topological polar surface area (TPSA) is 103 Å². The number of cyclic esters (lactones) is 1. The summed E-state index contributed by atoms with van der Waals surface area (Å²) in [4.78, 5) is 37.6. The maximum atomic E-state index is 13.2. The molecule has 7 unspecified atom stereocenters. The third-order valence-corrected chi connectivity index (χ3v) is 7.91. The zero-order chi connectivity index (χ0) is 20.7. The molecular formula is C22H24O7. The molecule has 7 nitrogen and oxygen atoms in total. The van der Waals surface area contributed by atoms with Crippen molar-refractivity contribution >= 4 is 17.7 Å². The lowest BCUT2D eigenvalue weighted by Crippen LogP contribution is -2.60. The number of hydrogen-bond acceptors (Lipinski definition) is 7. The fraction of sp³-hybridized carbons (Fsp3) is 0.591. The van der Waals surface area contributed by atoms with Gasteiger partial charge in [0, 0.05) is 24.3 Å². The van der Waals surface area contributed by atoms with Crippen LogP contribution in [0.3, 0.4) is 0 Å². The molecule has 7 atom stereocenters. The van der Waals surface area contributed by atoms with E-state index in [2.05, 4.69) is 0 Å². The average molecular weight is 400 g/mol. The Hall–Kier alpha value is -2.41. The lowest BCUT2D eigenvalue weighted by Gasteiger charge is -2.60. The van der Waals surface area contributed by atoms with E-state index in [-0.39, 0.29) is 30.6 Å². The molecule has 1 aromatic rings. The van der Waals surface area contributed by atoms with Crippen LogP contribution in [0.4, 0.5) is 0 Å². The Kier molecular flexibility index (Phi) is 3.73. The molecule has 0 amide bonds. The van der Waals surface area contributed by atoms with Gasteiger partial charge in [-0.15, -0.1) is 0 Å². The largest absolute Gasteiger partial charge is 0.468 e. The lowest BCUT2D eigenvalue weighted by molar-refractivity contribution is -0.176. The number of carbonyl (C=O) groups is 3. The molecule has 0 radical (unpaired) electrons. The zero-order valence-electron chi connectivity index (χ0n) is 16.6. The van der Waals surface area contributed by atoms with E-state index in [1.54, 1.807) is 12.1 Å². The molecule has 5 rings (SSSR count). The normalized spacial score (nSPS) is 42.8. The molecule has 154 valence electrons.